The van der Waals surface area contributed by atoms with E-state index in [1.165, 1.54) is 0 Å². The second-order valence-electron chi connectivity index (χ2n) is 5.35. The summed E-state index contributed by atoms with van der Waals surface area (Å²) in [4.78, 5) is 9.47. The lowest BCUT2D eigenvalue weighted by molar-refractivity contribution is 0.0855. The number of benzene rings is 1. The fourth-order valence-electron chi connectivity index (χ4n) is 2.25. The molecule has 120 valence electrons. The highest BCUT2D eigenvalue weighted by atomic mass is 16.7. The predicted molar refractivity (Wildman–Crippen MR) is 87.6 cm³/mol. The molecule has 1 atom stereocenters. The van der Waals surface area contributed by atoms with Crippen molar-refractivity contribution < 1.29 is 14.3 Å². The van der Waals surface area contributed by atoms with Crippen molar-refractivity contribution in [1.82, 2.24) is 4.98 Å². The number of oxime groups is 1. The van der Waals surface area contributed by atoms with Gasteiger partial charge in [-0.1, -0.05) is 30.6 Å². The Hall–Kier alpha value is -2.56. The molecule has 0 N–H and O–H groups in total. The van der Waals surface area contributed by atoms with Crippen molar-refractivity contribution in [2.75, 3.05) is 6.61 Å². The summed E-state index contributed by atoms with van der Waals surface area (Å²) in [7, 11) is 0. The van der Waals surface area contributed by atoms with Crippen LogP contribution in [0.25, 0.3) is 0 Å². The van der Waals surface area contributed by atoms with Crippen LogP contribution in [0, 0.1) is 0 Å². The highest BCUT2D eigenvalue weighted by Crippen LogP contribution is 2.29. The molecular weight excluding hydrogens is 292 g/mol. The number of rotatable bonds is 6. The van der Waals surface area contributed by atoms with Gasteiger partial charge in [0.15, 0.2) is 6.10 Å². The van der Waals surface area contributed by atoms with Crippen LogP contribution in [0.15, 0.2) is 53.9 Å². The Labute approximate surface area is 135 Å². The Morgan fingerprint density at radius 1 is 1.17 bits per heavy atom. The molecule has 1 aromatic heterocycles. The summed E-state index contributed by atoms with van der Waals surface area (Å²) in [6, 6.07) is 11.6. The molecule has 2 aromatic rings. The number of ether oxygens (including phenoxy) is 2. The van der Waals surface area contributed by atoms with Crippen LogP contribution < -0.4 is 9.47 Å². The van der Waals surface area contributed by atoms with Crippen molar-refractivity contribution in [3.05, 3.63) is 54.4 Å². The van der Waals surface area contributed by atoms with E-state index in [0.29, 0.717) is 18.1 Å². The van der Waals surface area contributed by atoms with Crippen LogP contribution in [-0.2, 0) is 4.84 Å². The van der Waals surface area contributed by atoms with Gasteiger partial charge in [0, 0.05) is 6.20 Å². The summed E-state index contributed by atoms with van der Waals surface area (Å²) in [5.41, 5.74) is 1.06. The molecule has 0 radical (unpaired) electrons. The molecule has 2 heterocycles. The Morgan fingerprint density at radius 2 is 2.04 bits per heavy atom. The van der Waals surface area contributed by atoms with E-state index in [2.05, 4.69) is 17.1 Å². The maximum atomic E-state index is 5.66. The van der Waals surface area contributed by atoms with E-state index in [0.717, 1.165) is 30.8 Å². The van der Waals surface area contributed by atoms with Gasteiger partial charge in [-0.3, -0.25) is 4.98 Å². The second kappa shape index (κ2) is 7.63. The zero-order valence-electron chi connectivity index (χ0n) is 13.1. The fraction of sp³-hybridized carbons (Fsp3) is 0.333. The Balaban J connectivity index is 1.53. The number of unbranched alkanes of at least 4 members (excludes halogenated alkanes) is 1. The van der Waals surface area contributed by atoms with Crippen molar-refractivity contribution >= 4 is 5.90 Å². The van der Waals surface area contributed by atoms with Gasteiger partial charge in [-0.15, -0.1) is 0 Å². The lowest BCUT2D eigenvalue weighted by atomic mass is 10.1. The molecule has 1 aliphatic heterocycles. The summed E-state index contributed by atoms with van der Waals surface area (Å²) in [6.07, 6.45) is 6.03. The topological polar surface area (TPSA) is 52.9 Å². The summed E-state index contributed by atoms with van der Waals surface area (Å²) in [6.45, 7) is 2.90. The van der Waals surface area contributed by atoms with Gasteiger partial charge < -0.3 is 14.3 Å². The van der Waals surface area contributed by atoms with E-state index in [4.69, 9.17) is 14.3 Å². The minimum Gasteiger partial charge on any atom is -0.494 e. The minimum atomic E-state index is -0.119. The quantitative estimate of drug-likeness (QED) is 0.753. The Kier molecular flexibility index (Phi) is 5.09. The molecule has 0 bridgehead atoms. The number of hydrogen-bond donors (Lipinski definition) is 0. The average Bonchev–Trinajstić information content (AvgIpc) is 3.05. The first-order valence-corrected chi connectivity index (χ1v) is 7.88. The Morgan fingerprint density at radius 3 is 2.78 bits per heavy atom. The first-order valence-electron chi connectivity index (χ1n) is 7.88. The van der Waals surface area contributed by atoms with E-state index in [9.17, 15) is 0 Å². The van der Waals surface area contributed by atoms with Gasteiger partial charge in [-0.05, 0) is 36.2 Å². The molecule has 5 nitrogen and oxygen atoms in total. The molecule has 0 amide bonds. The van der Waals surface area contributed by atoms with Crippen molar-refractivity contribution in [3.8, 4) is 11.5 Å². The van der Waals surface area contributed by atoms with E-state index in [1.54, 1.807) is 12.4 Å². The third kappa shape index (κ3) is 4.22. The van der Waals surface area contributed by atoms with Gasteiger partial charge in [0.05, 0.1) is 19.2 Å². The maximum Gasteiger partial charge on any atom is 0.235 e. The molecule has 0 saturated heterocycles. The average molecular weight is 312 g/mol. The Bertz CT molecular complexity index is 641. The van der Waals surface area contributed by atoms with E-state index in [-0.39, 0.29) is 6.10 Å². The number of aromatic nitrogens is 1. The lowest BCUT2D eigenvalue weighted by Crippen LogP contribution is -2.07. The third-order valence-electron chi connectivity index (χ3n) is 3.53. The van der Waals surface area contributed by atoms with E-state index >= 15 is 0 Å². The third-order valence-corrected chi connectivity index (χ3v) is 3.53. The van der Waals surface area contributed by atoms with Crippen LogP contribution in [0.2, 0.25) is 0 Å². The van der Waals surface area contributed by atoms with Crippen LogP contribution in [0.5, 0.6) is 11.5 Å². The molecule has 3 rings (SSSR count). The lowest BCUT2D eigenvalue weighted by Gasteiger charge is -2.10. The first-order chi connectivity index (χ1) is 11.3. The molecule has 0 saturated carbocycles. The number of pyridine rings is 1. The van der Waals surface area contributed by atoms with Crippen LogP contribution in [0.3, 0.4) is 0 Å². The highest BCUT2D eigenvalue weighted by Gasteiger charge is 2.24. The number of hydrogen-bond acceptors (Lipinski definition) is 5. The fourth-order valence-corrected chi connectivity index (χ4v) is 2.25. The zero-order valence-corrected chi connectivity index (χ0v) is 13.1. The number of nitrogens with zero attached hydrogens (tertiary/aromatic N) is 2. The molecule has 1 aliphatic rings. The van der Waals surface area contributed by atoms with Crippen molar-refractivity contribution in [3.63, 3.8) is 0 Å². The van der Waals surface area contributed by atoms with Crippen LogP contribution >= 0.6 is 0 Å². The minimum absolute atomic E-state index is 0.119. The molecule has 1 aromatic carbocycles. The summed E-state index contributed by atoms with van der Waals surface area (Å²) >= 11 is 0. The van der Waals surface area contributed by atoms with Gasteiger partial charge in [0.2, 0.25) is 5.90 Å². The monoisotopic (exact) mass is 312 g/mol. The van der Waals surface area contributed by atoms with E-state index < -0.39 is 0 Å². The molecule has 0 unspecified atom stereocenters. The second-order valence-corrected chi connectivity index (χ2v) is 5.35. The first kappa shape index (κ1) is 15.3. The van der Waals surface area contributed by atoms with Gasteiger partial charge in [-0.25, -0.2) is 0 Å². The van der Waals surface area contributed by atoms with Crippen molar-refractivity contribution in [2.45, 2.75) is 32.3 Å². The standard InChI is InChI=1S/C18H20N2O3/c1-2-3-11-21-15-8-6-14(7-9-15)17-12-18(20-23-17)22-16-5-4-10-19-13-16/h4-10,13,17H,2-3,11-12H2,1H3/t17-/m0/s1. The molecule has 5 heteroatoms. The molecule has 23 heavy (non-hydrogen) atoms. The smallest absolute Gasteiger partial charge is 0.235 e. The van der Waals surface area contributed by atoms with Crippen LogP contribution in [-0.4, -0.2) is 17.5 Å². The van der Waals surface area contributed by atoms with Crippen molar-refractivity contribution in [2.24, 2.45) is 5.16 Å². The van der Waals surface area contributed by atoms with E-state index in [1.807, 2.05) is 36.4 Å². The summed E-state index contributed by atoms with van der Waals surface area (Å²) < 4.78 is 11.3. The molecule has 0 aliphatic carbocycles. The molecule has 0 spiro atoms. The molecular formula is C18H20N2O3. The normalized spacial score (nSPS) is 16.6. The highest BCUT2D eigenvalue weighted by molar-refractivity contribution is 5.79. The summed E-state index contributed by atoms with van der Waals surface area (Å²) in [5.74, 6) is 2.11. The summed E-state index contributed by atoms with van der Waals surface area (Å²) in [5, 5.41) is 4.01. The van der Waals surface area contributed by atoms with Gasteiger partial charge in [0.25, 0.3) is 0 Å². The van der Waals surface area contributed by atoms with Gasteiger partial charge in [-0.2, -0.15) is 0 Å². The molecule has 0 fully saturated rings. The zero-order chi connectivity index (χ0) is 15.9. The SMILES string of the molecule is CCCCOc1ccc([C@@H]2CC(Oc3cccnc3)=NO2)cc1. The van der Waals surface area contributed by atoms with Gasteiger partial charge in [0.1, 0.15) is 11.5 Å². The maximum absolute atomic E-state index is 5.66. The van der Waals surface area contributed by atoms with Crippen LogP contribution in [0.4, 0.5) is 0 Å². The largest absolute Gasteiger partial charge is 0.494 e. The van der Waals surface area contributed by atoms with Gasteiger partial charge >= 0.3 is 0 Å². The predicted octanol–water partition coefficient (Wildman–Crippen LogP) is 4.11. The van der Waals surface area contributed by atoms with Crippen molar-refractivity contribution in [1.29, 1.82) is 0 Å². The van der Waals surface area contributed by atoms with Crippen LogP contribution in [0.1, 0.15) is 37.9 Å².